The van der Waals surface area contributed by atoms with Gasteiger partial charge in [-0.05, 0) is 38.5 Å². The standard InChI is InChI=1S/C17H29N3O/c1-4-8-15-19-16(18-6-3)12-17(20-15)21-14-10-7-9-13(5-2)11-14/h12-14H,4-11H2,1-3H3,(H,18,19,20). The van der Waals surface area contributed by atoms with Crippen LogP contribution < -0.4 is 10.1 Å². The van der Waals surface area contributed by atoms with Gasteiger partial charge in [0.05, 0.1) is 0 Å². The number of hydrogen-bond acceptors (Lipinski definition) is 4. The van der Waals surface area contributed by atoms with E-state index in [2.05, 4.69) is 36.1 Å². The zero-order valence-electron chi connectivity index (χ0n) is 13.7. The average Bonchev–Trinajstić information content (AvgIpc) is 2.48. The molecule has 1 fully saturated rings. The van der Waals surface area contributed by atoms with Crippen LogP contribution in [0.25, 0.3) is 0 Å². The topological polar surface area (TPSA) is 47.0 Å². The first-order chi connectivity index (χ1) is 10.2. The molecule has 4 nitrogen and oxygen atoms in total. The highest BCUT2D eigenvalue weighted by atomic mass is 16.5. The molecule has 0 amide bonds. The van der Waals surface area contributed by atoms with Crippen LogP contribution in [-0.2, 0) is 6.42 Å². The van der Waals surface area contributed by atoms with E-state index in [-0.39, 0.29) is 0 Å². The minimum atomic E-state index is 0.322. The molecule has 1 aliphatic rings. The lowest BCUT2D eigenvalue weighted by Gasteiger charge is -2.28. The summed E-state index contributed by atoms with van der Waals surface area (Å²) in [5.41, 5.74) is 0. The molecule has 118 valence electrons. The molecule has 0 bridgehead atoms. The van der Waals surface area contributed by atoms with Gasteiger partial charge >= 0.3 is 0 Å². The van der Waals surface area contributed by atoms with Crippen molar-refractivity contribution in [3.8, 4) is 5.88 Å². The lowest BCUT2D eigenvalue weighted by Crippen LogP contribution is -2.25. The van der Waals surface area contributed by atoms with Gasteiger partial charge < -0.3 is 10.1 Å². The molecular weight excluding hydrogens is 262 g/mol. The predicted octanol–water partition coefficient (Wildman–Crippen LogP) is 4.21. The highest BCUT2D eigenvalue weighted by Gasteiger charge is 2.22. The molecule has 1 aliphatic carbocycles. The van der Waals surface area contributed by atoms with E-state index in [0.717, 1.165) is 49.2 Å². The second kappa shape index (κ2) is 8.20. The van der Waals surface area contributed by atoms with Crippen molar-refractivity contribution in [2.24, 2.45) is 5.92 Å². The fourth-order valence-corrected chi connectivity index (χ4v) is 3.03. The minimum absolute atomic E-state index is 0.322. The molecule has 2 unspecified atom stereocenters. The number of nitrogens with zero attached hydrogens (tertiary/aromatic N) is 2. The van der Waals surface area contributed by atoms with Crippen LogP contribution in [0.4, 0.5) is 5.82 Å². The molecule has 21 heavy (non-hydrogen) atoms. The van der Waals surface area contributed by atoms with E-state index < -0.39 is 0 Å². The zero-order chi connectivity index (χ0) is 15.1. The van der Waals surface area contributed by atoms with Gasteiger partial charge in [0.15, 0.2) is 0 Å². The molecule has 0 saturated heterocycles. The summed E-state index contributed by atoms with van der Waals surface area (Å²) in [5, 5.41) is 3.27. The Kier molecular flexibility index (Phi) is 6.27. The first-order valence-electron chi connectivity index (χ1n) is 8.53. The summed E-state index contributed by atoms with van der Waals surface area (Å²) in [5.74, 6) is 3.32. The van der Waals surface area contributed by atoms with E-state index in [0.29, 0.717) is 6.10 Å². The number of aromatic nitrogens is 2. The number of ether oxygens (including phenoxy) is 1. The van der Waals surface area contributed by atoms with Crippen LogP contribution >= 0.6 is 0 Å². The monoisotopic (exact) mass is 291 g/mol. The minimum Gasteiger partial charge on any atom is -0.474 e. The zero-order valence-corrected chi connectivity index (χ0v) is 13.7. The van der Waals surface area contributed by atoms with Gasteiger partial charge in [0, 0.05) is 19.0 Å². The number of rotatable bonds is 7. The molecule has 1 aromatic rings. The largest absolute Gasteiger partial charge is 0.474 e. The second-order valence-electron chi connectivity index (χ2n) is 5.97. The van der Waals surface area contributed by atoms with Gasteiger partial charge in [-0.25, -0.2) is 4.98 Å². The first kappa shape index (κ1) is 16.1. The van der Waals surface area contributed by atoms with Crippen molar-refractivity contribution in [3.05, 3.63) is 11.9 Å². The van der Waals surface area contributed by atoms with Gasteiger partial charge in [0.2, 0.25) is 5.88 Å². The summed E-state index contributed by atoms with van der Waals surface area (Å²) >= 11 is 0. The van der Waals surface area contributed by atoms with E-state index in [4.69, 9.17) is 4.74 Å². The number of nitrogens with one attached hydrogen (secondary N) is 1. The highest BCUT2D eigenvalue weighted by Crippen LogP contribution is 2.29. The molecular formula is C17H29N3O. The maximum Gasteiger partial charge on any atom is 0.218 e. The Morgan fingerprint density at radius 3 is 2.81 bits per heavy atom. The van der Waals surface area contributed by atoms with Gasteiger partial charge in [-0.15, -0.1) is 0 Å². The number of anilines is 1. The van der Waals surface area contributed by atoms with E-state index in [9.17, 15) is 0 Å². The molecule has 1 saturated carbocycles. The van der Waals surface area contributed by atoms with Gasteiger partial charge in [-0.3, -0.25) is 0 Å². The Balaban J connectivity index is 2.06. The molecule has 4 heteroatoms. The Bertz CT molecular complexity index is 412. The van der Waals surface area contributed by atoms with Crippen molar-refractivity contribution in [2.45, 2.75) is 71.8 Å². The van der Waals surface area contributed by atoms with Gasteiger partial charge in [0.25, 0.3) is 0 Å². The Morgan fingerprint density at radius 1 is 1.24 bits per heavy atom. The van der Waals surface area contributed by atoms with Crippen LogP contribution in [0.15, 0.2) is 6.07 Å². The fourth-order valence-electron chi connectivity index (χ4n) is 3.03. The lowest BCUT2D eigenvalue weighted by atomic mass is 9.85. The molecule has 0 spiro atoms. The smallest absolute Gasteiger partial charge is 0.218 e. The predicted molar refractivity (Wildman–Crippen MR) is 86.9 cm³/mol. The molecule has 0 radical (unpaired) electrons. The van der Waals surface area contributed by atoms with Crippen LogP contribution in [0.2, 0.25) is 0 Å². The molecule has 1 N–H and O–H groups in total. The Hall–Kier alpha value is -1.32. The quantitative estimate of drug-likeness (QED) is 0.817. The summed E-state index contributed by atoms with van der Waals surface area (Å²) in [4.78, 5) is 9.11. The molecule has 2 atom stereocenters. The molecule has 0 aliphatic heterocycles. The summed E-state index contributed by atoms with van der Waals surface area (Å²) in [6.45, 7) is 7.37. The van der Waals surface area contributed by atoms with Crippen LogP contribution in [-0.4, -0.2) is 22.6 Å². The van der Waals surface area contributed by atoms with Crippen LogP contribution in [0, 0.1) is 5.92 Å². The average molecular weight is 291 g/mol. The van der Waals surface area contributed by atoms with Crippen molar-refractivity contribution < 1.29 is 4.74 Å². The normalized spacial score (nSPS) is 22.0. The third kappa shape index (κ3) is 4.87. The van der Waals surface area contributed by atoms with Gasteiger partial charge in [0.1, 0.15) is 17.7 Å². The second-order valence-corrected chi connectivity index (χ2v) is 5.97. The van der Waals surface area contributed by atoms with Crippen LogP contribution in [0.1, 0.15) is 65.1 Å². The fraction of sp³-hybridized carbons (Fsp3) is 0.765. The van der Waals surface area contributed by atoms with Crippen molar-refractivity contribution >= 4 is 5.82 Å². The molecule has 2 rings (SSSR count). The van der Waals surface area contributed by atoms with Crippen molar-refractivity contribution in [1.29, 1.82) is 0 Å². The number of aryl methyl sites for hydroxylation is 1. The van der Waals surface area contributed by atoms with Crippen molar-refractivity contribution in [1.82, 2.24) is 9.97 Å². The highest BCUT2D eigenvalue weighted by molar-refractivity contribution is 5.38. The number of hydrogen-bond donors (Lipinski definition) is 1. The third-order valence-corrected chi connectivity index (χ3v) is 4.18. The first-order valence-corrected chi connectivity index (χ1v) is 8.53. The summed E-state index contributed by atoms with van der Waals surface area (Å²) in [6, 6.07) is 1.94. The van der Waals surface area contributed by atoms with Crippen molar-refractivity contribution in [3.63, 3.8) is 0 Å². The molecule has 1 heterocycles. The molecule has 1 aromatic heterocycles. The maximum atomic E-state index is 6.17. The van der Waals surface area contributed by atoms with E-state index in [1.165, 1.54) is 25.7 Å². The third-order valence-electron chi connectivity index (χ3n) is 4.18. The van der Waals surface area contributed by atoms with Crippen molar-refractivity contribution in [2.75, 3.05) is 11.9 Å². The summed E-state index contributed by atoms with van der Waals surface area (Å²) in [6.07, 6.45) is 8.48. The summed E-state index contributed by atoms with van der Waals surface area (Å²) < 4.78 is 6.17. The van der Waals surface area contributed by atoms with Crippen LogP contribution in [0.3, 0.4) is 0 Å². The van der Waals surface area contributed by atoms with Crippen LogP contribution in [0.5, 0.6) is 5.88 Å². The van der Waals surface area contributed by atoms with E-state index in [1.54, 1.807) is 0 Å². The van der Waals surface area contributed by atoms with Gasteiger partial charge in [-0.1, -0.05) is 26.7 Å². The maximum absolute atomic E-state index is 6.17. The summed E-state index contributed by atoms with van der Waals surface area (Å²) in [7, 11) is 0. The van der Waals surface area contributed by atoms with E-state index >= 15 is 0 Å². The SMILES string of the molecule is CCCc1nc(NCC)cc(OC2CCCC(CC)C2)n1. The van der Waals surface area contributed by atoms with E-state index in [1.807, 2.05) is 6.07 Å². The Labute approximate surface area is 128 Å². The molecule has 0 aromatic carbocycles. The van der Waals surface area contributed by atoms with Gasteiger partial charge in [-0.2, -0.15) is 4.98 Å². The lowest BCUT2D eigenvalue weighted by molar-refractivity contribution is 0.116. The Morgan fingerprint density at radius 2 is 2.10 bits per heavy atom.